The smallest absolute Gasteiger partial charge is 0.0596 e. The second-order valence-corrected chi connectivity index (χ2v) is 3.56. The Labute approximate surface area is 84.2 Å². The monoisotopic (exact) mass is 186 g/mol. The predicted molar refractivity (Wildman–Crippen MR) is 57.2 cm³/mol. The highest BCUT2D eigenvalue weighted by Crippen LogP contribution is 2.09. The van der Waals surface area contributed by atoms with Crippen LogP contribution in [0, 0.1) is 6.92 Å². The molecular formula is C12H14N2. The summed E-state index contributed by atoms with van der Waals surface area (Å²) in [5, 5.41) is 4.32. The molecule has 2 nitrogen and oxygen atoms in total. The Balaban J connectivity index is 2.23. The van der Waals surface area contributed by atoms with Crippen LogP contribution in [0.15, 0.2) is 36.4 Å². The molecule has 0 fully saturated rings. The Kier molecular flexibility index (Phi) is 2.35. The molecule has 0 aliphatic heterocycles. The maximum atomic E-state index is 4.32. The number of aromatic nitrogens is 2. The molecule has 2 aromatic rings. The Bertz CT molecular complexity index is 415. The first-order valence-electron chi connectivity index (χ1n) is 4.79. The molecular weight excluding hydrogens is 172 g/mol. The normalized spacial score (nSPS) is 10.4. The summed E-state index contributed by atoms with van der Waals surface area (Å²) in [6, 6.07) is 12.6. The summed E-state index contributed by atoms with van der Waals surface area (Å²) in [6.45, 7) is 2.02. The largest absolute Gasteiger partial charge is 0.272 e. The van der Waals surface area contributed by atoms with Crippen LogP contribution in [0.3, 0.4) is 0 Å². The first-order chi connectivity index (χ1) is 6.75. The van der Waals surface area contributed by atoms with Gasteiger partial charge < -0.3 is 0 Å². The minimum Gasteiger partial charge on any atom is -0.272 e. The van der Waals surface area contributed by atoms with Gasteiger partial charge in [0.1, 0.15) is 0 Å². The molecule has 2 rings (SSSR count). The van der Waals surface area contributed by atoms with Crippen molar-refractivity contribution in [2.45, 2.75) is 13.3 Å². The van der Waals surface area contributed by atoms with Crippen LogP contribution in [0.4, 0.5) is 0 Å². The minimum absolute atomic E-state index is 0.957. The van der Waals surface area contributed by atoms with E-state index in [9.17, 15) is 0 Å². The fourth-order valence-electron chi connectivity index (χ4n) is 1.63. The van der Waals surface area contributed by atoms with E-state index >= 15 is 0 Å². The van der Waals surface area contributed by atoms with E-state index in [0.29, 0.717) is 0 Å². The van der Waals surface area contributed by atoms with Crippen molar-refractivity contribution in [3.63, 3.8) is 0 Å². The summed E-state index contributed by atoms with van der Waals surface area (Å²) in [7, 11) is 1.99. The van der Waals surface area contributed by atoms with E-state index in [0.717, 1.165) is 12.1 Å². The molecule has 0 saturated carbocycles. The Morgan fingerprint density at radius 2 is 1.93 bits per heavy atom. The van der Waals surface area contributed by atoms with Crippen molar-refractivity contribution >= 4 is 0 Å². The van der Waals surface area contributed by atoms with Gasteiger partial charge >= 0.3 is 0 Å². The van der Waals surface area contributed by atoms with Crippen LogP contribution in [0.25, 0.3) is 0 Å². The number of nitrogens with zero attached hydrogens (tertiary/aromatic N) is 2. The van der Waals surface area contributed by atoms with Gasteiger partial charge in [-0.05, 0) is 18.6 Å². The third-order valence-corrected chi connectivity index (χ3v) is 2.33. The lowest BCUT2D eigenvalue weighted by Crippen LogP contribution is -1.98. The SMILES string of the molecule is Cc1cc(Cc2ccccc2)n(C)n1. The lowest BCUT2D eigenvalue weighted by Gasteiger charge is -2.01. The average molecular weight is 186 g/mol. The van der Waals surface area contributed by atoms with Crippen molar-refractivity contribution in [1.29, 1.82) is 0 Å². The third-order valence-electron chi connectivity index (χ3n) is 2.33. The minimum atomic E-state index is 0.957. The third kappa shape index (κ3) is 1.84. The lowest BCUT2D eigenvalue weighted by molar-refractivity contribution is 0.717. The number of hydrogen-bond acceptors (Lipinski definition) is 1. The highest BCUT2D eigenvalue weighted by molar-refractivity contribution is 5.22. The fraction of sp³-hybridized carbons (Fsp3) is 0.250. The molecule has 0 unspecified atom stereocenters. The summed E-state index contributed by atoms with van der Waals surface area (Å²) in [5.41, 5.74) is 3.67. The highest BCUT2D eigenvalue weighted by atomic mass is 15.3. The molecule has 0 aliphatic rings. The molecule has 1 aromatic heterocycles. The Morgan fingerprint density at radius 1 is 1.21 bits per heavy atom. The number of rotatable bonds is 2. The molecule has 0 saturated heterocycles. The second-order valence-electron chi connectivity index (χ2n) is 3.56. The molecule has 0 radical (unpaired) electrons. The van der Waals surface area contributed by atoms with Crippen LogP contribution < -0.4 is 0 Å². The summed E-state index contributed by atoms with van der Waals surface area (Å²) in [5.74, 6) is 0. The highest BCUT2D eigenvalue weighted by Gasteiger charge is 2.02. The molecule has 0 atom stereocenters. The molecule has 2 heteroatoms. The van der Waals surface area contributed by atoms with Gasteiger partial charge in [-0.25, -0.2) is 0 Å². The van der Waals surface area contributed by atoms with E-state index in [1.54, 1.807) is 0 Å². The van der Waals surface area contributed by atoms with E-state index < -0.39 is 0 Å². The zero-order chi connectivity index (χ0) is 9.97. The molecule has 72 valence electrons. The first-order valence-corrected chi connectivity index (χ1v) is 4.79. The fourth-order valence-corrected chi connectivity index (χ4v) is 1.63. The molecule has 1 aromatic carbocycles. The van der Waals surface area contributed by atoms with Gasteiger partial charge in [-0.15, -0.1) is 0 Å². The lowest BCUT2D eigenvalue weighted by atomic mass is 10.1. The van der Waals surface area contributed by atoms with Gasteiger partial charge in [-0.2, -0.15) is 5.10 Å². The van der Waals surface area contributed by atoms with E-state index in [2.05, 4.69) is 35.4 Å². The molecule has 1 heterocycles. The summed E-state index contributed by atoms with van der Waals surface area (Å²) < 4.78 is 1.95. The number of hydrogen-bond donors (Lipinski definition) is 0. The molecule has 0 spiro atoms. The molecule has 0 N–H and O–H groups in total. The van der Waals surface area contributed by atoms with Gasteiger partial charge in [0.2, 0.25) is 0 Å². The van der Waals surface area contributed by atoms with E-state index in [4.69, 9.17) is 0 Å². The Hall–Kier alpha value is -1.57. The van der Waals surface area contributed by atoms with Crippen LogP contribution >= 0.6 is 0 Å². The zero-order valence-corrected chi connectivity index (χ0v) is 8.57. The zero-order valence-electron chi connectivity index (χ0n) is 8.57. The van der Waals surface area contributed by atoms with E-state index in [1.165, 1.54) is 11.3 Å². The first kappa shape index (κ1) is 9.00. The van der Waals surface area contributed by atoms with Gasteiger partial charge in [0.15, 0.2) is 0 Å². The van der Waals surface area contributed by atoms with Crippen LogP contribution in [-0.4, -0.2) is 9.78 Å². The van der Waals surface area contributed by atoms with Gasteiger partial charge in [0.25, 0.3) is 0 Å². The average Bonchev–Trinajstić information content (AvgIpc) is 2.47. The van der Waals surface area contributed by atoms with Crippen molar-refractivity contribution in [1.82, 2.24) is 9.78 Å². The maximum Gasteiger partial charge on any atom is 0.0596 e. The maximum absolute atomic E-state index is 4.32. The topological polar surface area (TPSA) is 17.8 Å². The van der Waals surface area contributed by atoms with Crippen molar-refractivity contribution in [2.24, 2.45) is 7.05 Å². The molecule has 14 heavy (non-hydrogen) atoms. The van der Waals surface area contributed by atoms with Crippen molar-refractivity contribution in [3.8, 4) is 0 Å². The van der Waals surface area contributed by atoms with Crippen LogP contribution in [-0.2, 0) is 13.5 Å². The van der Waals surface area contributed by atoms with E-state index in [1.807, 2.05) is 24.7 Å². The second kappa shape index (κ2) is 3.66. The standard InChI is InChI=1S/C12H14N2/c1-10-8-12(14(2)13-10)9-11-6-4-3-5-7-11/h3-8H,9H2,1-2H3. The summed E-state index contributed by atoms with van der Waals surface area (Å²) in [4.78, 5) is 0. The van der Waals surface area contributed by atoms with Crippen LogP contribution in [0.1, 0.15) is 17.0 Å². The summed E-state index contributed by atoms with van der Waals surface area (Å²) >= 11 is 0. The molecule has 0 amide bonds. The van der Waals surface area contributed by atoms with E-state index in [-0.39, 0.29) is 0 Å². The Morgan fingerprint density at radius 3 is 2.50 bits per heavy atom. The molecule has 0 bridgehead atoms. The van der Waals surface area contributed by atoms with Crippen LogP contribution in [0.5, 0.6) is 0 Å². The van der Waals surface area contributed by atoms with Gasteiger partial charge in [-0.1, -0.05) is 30.3 Å². The van der Waals surface area contributed by atoms with Crippen molar-refractivity contribution < 1.29 is 0 Å². The quantitative estimate of drug-likeness (QED) is 0.703. The van der Waals surface area contributed by atoms with Gasteiger partial charge in [0, 0.05) is 19.2 Å². The van der Waals surface area contributed by atoms with Crippen LogP contribution in [0.2, 0.25) is 0 Å². The molecule has 0 aliphatic carbocycles. The van der Waals surface area contributed by atoms with Crippen molar-refractivity contribution in [3.05, 3.63) is 53.3 Å². The predicted octanol–water partition coefficient (Wildman–Crippen LogP) is 2.32. The summed E-state index contributed by atoms with van der Waals surface area (Å²) in [6.07, 6.45) is 0.957. The van der Waals surface area contributed by atoms with Gasteiger partial charge in [-0.3, -0.25) is 4.68 Å². The number of benzene rings is 1. The number of aryl methyl sites for hydroxylation is 2. The van der Waals surface area contributed by atoms with Crippen molar-refractivity contribution in [2.75, 3.05) is 0 Å². The van der Waals surface area contributed by atoms with Gasteiger partial charge in [0.05, 0.1) is 5.69 Å².